The zero-order valence-corrected chi connectivity index (χ0v) is 17.5. The molecule has 9 heteroatoms. The zero-order valence-electron chi connectivity index (χ0n) is 15.9. The molecule has 0 N–H and O–H groups in total. The number of carboxylic acid groups (broad SMARTS) is 1. The van der Waals surface area contributed by atoms with Crippen molar-refractivity contribution in [3.8, 4) is 5.82 Å². The molecule has 0 aliphatic carbocycles. The van der Waals surface area contributed by atoms with E-state index in [0.717, 1.165) is 22.7 Å². The summed E-state index contributed by atoms with van der Waals surface area (Å²) in [6.07, 6.45) is 2.84. The molecule has 1 aliphatic rings. The smallest absolute Gasteiger partial charge is 0.266 e. The highest BCUT2D eigenvalue weighted by Gasteiger charge is 2.31. The Labute approximate surface area is 172 Å². The van der Waals surface area contributed by atoms with Crippen molar-refractivity contribution in [3.63, 3.8) is 0 Å². The molecule has 28 heavy (non-hydrogen) atoms. The first-order chi connectivity index (χ1) is 13.3. The van der Waals surface area contributed by atoms with Crippen LogP contribution in [0.2, 0.25) is 0 Å². The number of carbonyl (C=O) groups is 2. The van der Waals surface area contributed by atoms with Gasteiger partial charge < -0.3 is 14.4 Å². The molecule has 2 aromatic heterocycles. The van der Waals surface area contributed by atoms with E-state index < -0.39 is 5.97 Å². The maximum absolute atomic E-state index is 12.7. The van der Waals surface area contributed by atoms with E-state index >= 15 is 0 Å². The number of nitrogens with zero attached hydrogens (tertiary/aromatic N) is 3. The largest absolute Gasteiger partial charge is 0.550 e. The van der Waals surface area contributed by atoms with Gasteiger partial charge in [-0.3, -0.25) is 14.3 Å². The lowest BCUT2D eigenvalue weighted by Crippen LogP contribution is -2.29. The number of hydrogen-bond donors (Lipinski definition) is 0. The number of carboxylic acids is 1. The molecule has 2 aromatic rings. The Kier molecular flexibility index (Phi) is 6.04. The zero-order chi connectivity index (χ0) is 20.4. The number of carbonyl (C=O) groups excluding carboxylic acids is 2. The van der Waals surface area contributed by atoms with Gasteiger partial charge in [0.1, 0.15) is 10.1 Å². The average molecular weight is 419 g/mol. The lowest BCUT2D eigenvalue weighted by Gasteiger charge is -2.14. The van der Waals surface area contributed by atoms with E-state index in [9.17, 15) is 14.7 Å². The van der Waals surface area contributed by atoms with Gasteiger partial charge in [0.15, 0.2) is 5.82 Å². The van der Waals surface area contributed by atoms with Gasteiger partial charge in [-0.2, -0.15) is 0 Å². The molecular formula is C19H20N3O4S2-. The molecule has 148 valence electrons. The minimum absolute atomic E-state index is 0.0157. The fourth-order valence-corrected chi connectivity index (χ4v) is 4.42. The van der Waals surface area contributed by atoms with Gasteiger partial charge in [0.25, 0.3) is 5.91 Å². The van der Waals surface area contributed by atoms with Gasteiger partial charge in [-0.25, -0.2) is 0 Å². The summed E-state index contributed by atoms with van der Waals surface area (Å²) in [6.45, 7) is 6.18. The van der Waals surface area contributed by atoms with Crippen LogP contribution in [-0.4, -0.2) is 37.4 Å². The summed E-state index contributed by atoms with van der Waals surface area (Å²) in [6, 6.07) is 3.85. The molecule has 3 rings (SSSR count). The monoisotopic (exact) mass is 418 g/mol. The van der Waals surface area contributed by atoms with E-state index in [1.54, 1.807) is 0 Å². The maximum Gasteiger partial charge on any atom is 0.266 e. The molecule has 0 saturated carbocycles. The van der Waals surface area contributed by atoms with Crippen molar-refractivity contribution in [1.82, 2.24) is 14.6 Å². The molecule has 0 aromatic carbocycles. The van der Waals surface area contributed by atoms with Crippen LogP contribution in [0.5, 0.6) is 0 Å². The topological polar surface area (TPSA) is 91.4 Å². The number of unbranched alkanes of at least 4 members (excludes halogenated alkanes) is 1. The predicted molar refractivity (Wildman–Crippen MR) is 109 cm³/mol. The van der Waals surface area contributed by atoms with Crippen LogP contribution in [0.1, 0.15) is 42.0 Å². The molecule has 0 spiro atoms. The van der Waals surface area contributed by atoms with Crippen LogP contribution in [0.3, 0.4) is 0 Å². The van der Waals surface area contributed by atoms with Gasteiger partial charge in [0.05, 0.1) is 4.91 Å². The third kappa shape index (κ3) is 4.20. The molecule has 0 unspecified atom stereocenters. The molecule has 1 amide bonds. The summed E-state index contributed by atoms with van der Waals surface area (Å²) in [5.41, 5.74) is 2.84. The Morgan fingerprint density at radius 3 is 2.71 bits per heavy atom. The molecular weight excluding hydrogens is 398 g/mol. The van der Waals surface area contributed by atoms with Crippen molar-refractivity contribution >= 4 is 46.3 Å². The fraction of sp³-hybridized carbons (Fsp3) is 0.368. The fourth-order valence-electron chi connectivity index (χ4n) is 3.12. The van der Waals surface area contributed by atoms with Crippen LogP contribution < -0.4 is 5.11 Å². The number of hydrogen-bond acceptors (Lipinski definition) is 7. The van der Waals surface area contributed by atoms with E-state index in [1.807, 2.05) is 43.5 Å². The third-order valence-corrected chi connectivity index (χ3v) is 5.87. The first-order valence-corrected chi connectivity index (χ1v) is 10.1. The molecule has 1 saturated heterocycles. The molecule has 3 heterocycles. The van der Waals surface area contributed by atoms with E-state index in [-0.39, 0.29) is 12.3 Å². The summed E-state index contributed by atoms with van der Waals surface area (Å²) in [5, 5.41) is 14.6. The molecule has 1 aliphatic heterocycles. The first kappa shape index (κ1) is 20.3. The summed E-state index contributed by atoms with van der Waals surface area (Å²) < 4.78 is 7.64. The highest BCUT2D eigenvalue weighted by molar-refractivity contribution is 8.26. The van der Waals surface area contributed by atoms with E-state index in [0.29, 0.717) is 34.4 Å². The van der Waals surface area contributed by atoms with Crippen LogP contribution in [0.15, 0.2) is 21.6 Å². The van der Waals surface area contributed by atoms with Gasteiger partial charge in [-0.1, -0.05) is 29.1 Å². The Morgan fingerprint density at radius 1 is 1.32 bits per heavy atom. The number of aryl methyl sites for hydroxylation is 2. The quantitative estimate of drug-likeness (QED) is 0.388. The molecule has 7 nitrogen and oxygen atoms in total. The van der Waals surface area contributed by atoms with Gasteiger partial charge >= 0.3 is 0 Å². The predicted octanol–water partition coefficient (Wildman–Crippen LogP) is 2.51. The van der Waals surface area contributed by atoms with E-state index in [2.05, 4.69) is 5.16 Å². The van der Waals surface area contributed by atoms with Crippen molar-refractivity contribution in [2.45, 2.75) is 40.0 Å². The van der Waals surface area contributed by atoms with Gasteiger partial charge in [0, 0.05) is 30.0 Å². The van der Waals surface area contributed by atoms with Crippen molar-refractivity contribution in [1.29, 1.82) is 0 Å². The Hall–Kier alpha value is -2.39. The summed E-state index contributed by atoms with van der Waals surface area (Å²) in [4.78, 5) is 25.3. The SMILES string of the molecule is Cc1cc(-n2c(C)cc(/C=C3\SC(=S)N(CCCCC(=O)[O-])C3=O)c2C)no1. The first-order valence-electron chi connectivity index (χ1n) is 8.85. The van der Waals surface area contributed by atoms with Crippen LogP contribution >= 0.6 is 24.0 Å². The second-order valence-corrected chi connectivity index (χ2v) is 8.30. The van der Waals surface area contributed by atoms with Gasteiger partial charge in [-0.05, 0) is 57.7 Å². The normalized spacial score (nSPS) is 15.8. The number of thiocarbonyl (C=S) groups is 1. The summed E-state index contributed by atoms with van der Waals surface area (Å²) in [7, 11) is 0. The van der Waals surface area contributed by atoms with Crippen molar-refractivity contribution in [2.75, 3.05) is 6.54 Å². The van der Waals surface area contributed by atoms with Crippen molar-refractivity contribution in [2.24, 2.45) is 0 Å². The number of aliphatic carboxylic acids is 1. The standard InChI is InChI=1S/C19H21N3O4S2/c1-11-8-14(13(3)22(11)16-9-12(2)26-20-16)10-15-18(25)21(19(27)28-15)7-5-4-6-17(23)24/h8-10H,4-7H2,1-3H3,(H,23,24)/p-1/b15-10-. The number of thioether (sulfide) groups is 1. The van der Waals surface area contributed by atoms with E-state index in [4.69, 9.17) is 16.7 Å². The highest BCUT2D eigenvalue weighted by atomic mass is 32.2. The van der Waals surface area contributed by atoms with Crippen LogP contribution in [0.4, 0.5) is 0 Å². The Morgan fingerprint density at radius 2 is 2.07 bits per heavy atom. The lowest BCUT2D eigenvalue weighted by molar-refractivity contribution is -0.305. The molecule has 0 radical (unpaired) electrons. The van der Waals surface area contributed by atoms with Crippen molar-refractivity contribution < 1.29 is 19.2 Å². The summed E-state index contributed by atoms with van der Waals surface area (Å²) in [5.74, 6) is 0.199. The Balaban J connectivity index is 1.78. The van der Waals surface area contributed by atoms with Crippen LogP contribution in [-0.2, 0) is 9.59 Å². The van der Waals surface area contributed by atoms with Crippen molar-refractivity contribution in [3.05, 3.63) is 39.7 Å². The maximum atomic E-state index is 12.7. The van der Waals surface area contributed by atoms with Crippen LogP contribution in [0.25, 0.3) is 11.9 Å². The van der Waals surface area contributed by atoms with Crippen LogP contribution in [0, 0.1) is 20.8 Å². The molecule has 0 atom stereocenters. The number of rotatable bonds is 7. The number of aromatic nitrogens is 2. The van der Waals surface area contributed by atoms with E-state index in [1.165, 1.54) is 16.7 Å². The van der Waals surface area contributed by atoms with Gasteiger partial charge in [0.2, 0.25) is 0 Å². The molecule has 1 fully saturated rings. The minimum atomic E-state index is -1.08. The third-order valence-electron chi connectivity index (χ3n) is 4.49. The second kappa shape index (κ2) is 8.32. The number of amides is 1. The Bertz CT molecular complexity index is 974. The van der Waals surface area contributed by atoms with Gasteiger partial charge in [-0.15, -0.1) is 0 Å². The minimum Gasteiger partial charge on any atom is -0.550 e. The lowest BCUT2D eigenvalue weighted by atomic mass is 10.2. The highest BCUT2D eigenvalue weighted by Crippen LogP contribution is 2.34. The summed E-state index contributed by atoms with van der Waals surface area (Å²) >= 11 is 6.59. The molecule has 0 bridgehead atoms. The average Bonchev–Trinajstić information content (AvgIpc) is 3.23. The second-order valence-electron chi connectivity index (χ2n) is 6.62.